The van der Waals surface area contributed by atoms with Crippen LogP contribution in [-0.4, -0.2) is 41.6 Å². The van der Waals surface area contributed by atoms with Crippen LogP contribution in [0.3, 0.4) is 0 Å². The Labute approximate surface area is 114 Å². The van der Waals surface area contributed by atoms with Crippen molar-refractivity contribution >= 4 is 17.8 Å². The Hall–Kier alpha value is -1.63. The molecule has 7 nitrogen and oxygen atoms in total. The molecule has 0 radical (unpaired) electrons. The number of hydrogen-bond acceptors (Lipinski definition) is 7. The van der Waals surface area contributed by atoms with Crippen LogP contribution < -0.4 is 21.1 Å². The molecule has 2 atom stereocenters. The molecule has 0 amide bonds. The molecule has 1 fully saturated rings. The van der Waals surface area contributed by atoms with E-state index in [2.05, 4.69) is 39.1 Å². The van der Waals surface area contributed by atoms with E-state index in [0.717, 1.165) is 13.0 Å². The Bertz CT molecular complexity index is 434. The number of hydrazine groups is 1. The standard InChI is InChI=1S/C12H23N7/c1-8-5-6-9(2)19(7-8)12-15-10(17-13)14-11(16-12)18(3)4/h8-9H,5-7,13H2,1-4H3,(H,14,15,16,17). The molecule has 1 aromatic rings. The van der Waals surface area contributed by atoms with Crippen LogP contribution in [0.25, 0.3) is 0 Å². The number of piperidine rings is 1. The fraction of sp³-hybridized carbons (Fsp3) is 0.750. The summed E-state index contributed by atoms with van der Waals surface area (Å²) in [4.78, 5) is 17.2. The van der Waals surface area contributed by atoms with E-state index in [1.807, 2.05) is 19.0 Å². The van der Waals surface area contributed by atoms with Gasteiger partial charge in [0.2, 0.25) is 17.8 Å². The highest BCUT2D eigenvalue weighted by Crippen LogP contribution is 2.26. The second-order valence-electron chi connectivity index (χ2n) is 5.48. The van der Waals surface area contributed by atoms with Crippen molar-refractivity contribution in [2.45, 2.75) is 32.7 Å². The van der Waals surface area contributed by atoms with Gasteiger partial charge in [-0.25, -0.2) is 5.84 Å². The quantitative estimate of drug-likeness (QED) is 0.619. The summed E-state index contributed by atoms with van der Waals surface area (Å²) in [6.45, 7) is 5.44. The van der Waals surface area contributed by atoms with Crippen LogP contribution in [0.2, 0.25) is 0 Å². The van der Waals surface area contributed by atoms with Crippen LogP contribution in [0.1, 0.15) is 26.7 Å². The molecule has 0 spiro atoms. The fourth-order valence-corrected chi connectivity index (χ4v) is 2.31. The Balaban J connectivity index is 2.34. The van der Waals surface area contributed by atoms with Crippen molar-refractivity contribution in [3.05, 3.63) is 0 Å². The predicted octanol–water partition coefficient (Wildman–Crippen LogP) is 0.848. The fourth-order valence-electron chi connectivity index (χ4n) is 2.31. The van der Waals surface area contributed by atoms with E-state index >= 15 is 0 Å². The number of nitrogens with two attached hydrogens (primary N) is 1. The molecule has 2 unspecified atom stereocenters. The lowest BCUT2D eigenvalue weighted by Gasteiger charge is -2.37. The van der Waals surface area contributed by atoms with E-state index < -0.39 is 0 Å². The van der Waals surface area contributed by atoms with Crippen molar-refractivity contribution in [3.8, 4) is 0 Å². The third kappa shape index (κ3) is 3.04. The molecule has 7 heteroatoms. The molecule has 0 bridgehead atoms. The number of nitrogens with one attached hydrogen (secondary N) is 1. The van der Waals surface area contributed by atoms with Gasteiger partial charge in [-0.2, -0.15) is 15.0 Å². The van der Waals surface area contributed by atoms with Crippen LogP contribution >= 0.6 is 0 Å². The number of nitrogen functional groups attached to an aromatic ring is 1. The zero-order valence-electron chi connectivity index (χ0n) is 12.1. The molecule has 106 valence electrons. The van der Waals surface area contributed by atoms with E-state index in [-0.39, 0.29) is 0 Å². The van der Waals surface area contributed by atoms with Gasteiger partial charge in [-0.1, -0.05) is 6.92 Å². The van der Waals surface area contributed by atoms with Gasteiger partial charge in [0.25, 0.3) is 0 Å². The lowest BCUT2D eigenvalue weighted by molar-refractivity contribution is 0.385. The summed E-state index contributed by atoms with van der Waals surface area (Å²) in [5.74, 6) is 7.81. The van der Waals surface area contributed by atoms with Crippen LogP contribution in [0.5, 0.6) is 0 Å². The summed E-state index contributed by atoms with van der Waals surface area (Å²) < 4.78 is 0. The normalized spacial score (nSPS) is 23.3. The second-order valence-corrected chi connectivity index (χ2v) is 5.48. The monoisotopic (exact) mass is 265 g/mol. The van der Waals surface area contributed by atoms with Gasteiger partial charge in [-0.15, -0.1) is 0 Å². The van der Waals surface area contributed by atoms with Crippen LogP contribution in [0.4, 0.5) is 17.8 Å². The summed E-state index contributed by atoms with van der Waals surface area (Å²) in [5, 5.41) is 0. The summed E-state index contributed by atoms with van der Waals surface area (Å²) in [7, 11) is 3.81. The first kappa shape index (κ1) is 13.8. The van der Waals surface area contributed by atoms with Crippen molar-refractivity contribution < 1.29 is 0 Å². The zero-order chi connectivity index (χ0) is 14.0. The van der Waals surface area contributed by atoms with Gasteiger partial charge in [0.15, 0.2) is 0 Å². The Morgan fingerprint density at radius 3 is 2.58 bits per heavy atom. The first-order chi connectivity index (χ1) is 9.01. The maximum absolute atomic E-state index is 5.44. The topological polar surface area (TPSA) is 83.2 Å². The number of nitrogens with zero attached hydrogens (tertiary/aromatic N) is 5. The smallest absolute Gasteiger partial charge is 0.243 e. The van der Waals surface area contributed by atoms with Gasteiger partial charge in [0, 0.05) is 26.7 Å². The molecule has 2 heterocycles. The number of hydrogen-bond donors (Lipinski definition) is 2. The van der Waals surface area contributed by atoms with Crippen molar-refractivity contribution in [1.29, 1.82) is 0 Å². The largest absolute Gasteiger partial charge is 0.347 e. The summed E-state index contributed by atoms with van der Waals surface area (Å²) in [6, 6.07) is 0.444. The molecule has 2 rings (SSSR count). The van der Waals surface area contributed by atoms with Gasteiger partial charge in [0.05, 0.1) is 0 Å². The summed E-state index contributed by atoms with van der Waals surface area (Å²) >= 11 is 0. The molecular weight excluding hydrogens is 242 g/mol. The van der Waals surface area contributed by atoms with E-state index in [4.69, 9.17) is 5.84 Å². The van der Waals surface area contributed by atoms with E-state index in [9.17, 15) is 0 Å². The third-order valence-corrected chi connectivity index (χ3v) is 3.52. The minimum absolute atomic E-state index is 0.402. The van der Waals surface area contributed by atoms with Crippen molar-refractivity contribution in [3.63, 3.8) is 0 Å². The summed E-state index contributed by atoms with van der Waals surface area (Å²) in [5.41, 5.74) is 2.51. The van der Waals surface area contributed by atoms with E-state index in [1.54, 1.807) is 0 Å². The first-order valence-electron chi connectivity index (χ1n) is 6.68. The molecule has 0 aromatic carbocycles. The van der Waals surface area contributed by atoms with Gasteiger partial charge in [0.1, 0.15) is 0 Å². The highest BCUT2D eigenvalue weighted by atomic mass is 15.4. The van der Waals surface area contributed by atoms with Crippen molar-refractivity contribution in [1.82, 2.24) is 15.0 Å². The van der Waals surface area contributed by atoms with Crippen molar-refractivity contribution in [2.24, 2.45) is 11.8 Å². The highest BCUT2D eigenvalue weighted by molar-refractivity contribution is 5.45. The van der Waals surface area contributed by atoms with Crippen LogP contribution in [0, 0.1) is 5.92 Å². The maximum atomic E-state index is 5.44. The Kier molecular flexibility index (Phi) is 4.04. The predicted molar refractivity (Wildman–Crippen MR) is 77.2 cm³/mol. The SMILES string of the molecule is CC1CCC(C)N(c2nc(NN)nc(N(C)C)n2)C1. The number of aromatic nitrogens is 3. The minimum Gasteiger partial charge on any atom is -0.347 e. The van der Waals surface area contributed by atoms with Gasteiger partial charge in [-0.3, -0.25) is 5.43 Å². The molecule has 0 saturated carbocycles. The average Bonchev–Trinajstić information content (AvgIpc) is 2.40. The van der Waals surface area contributed by atoms with E-state index in [1.165, 1.54) is 6.42 Å². The van der Waals surface area contributed by atoms with E-state index in [0.29, 0.717) is 29.8 Å². The summed E-state index contributed by atoms with van der Waals surface area (Å²) in [6.07, 6.45) is 2.42. The molecule has 1 saturated heterocycles. The molecule has 3 N–H and O–H groups in total. The molecule has 1 aromatic heterocycles. The highest BCUT2D eigenvalue weighted by Gasteiger charge is 2.26. The molecule has 1 aliphatic heterocycles. The van der Waals surface area contributed by atoms with Crippen LogP contribution in [0.15, 0.2) is 0 Å². The minimum atomic E-state index is 0.402. The number of anilines is 3. The maximum Gasteiger partial charge on any atom is 0.243 e. The second kappa shape index (κ2) is 5.56. The first-order valence-corrected chi connectivity index (χ1v) is 6.68. The average molecular weight is 265 g/mol. The Morgan fingerprint density at radius 2 is 1.95 bits per heavy atom. The Morgan fingerprint density at radius 1 is 1.21 bits per heavy atom. The lowest BCUT2D eigenvalue weighted by atomic mass is 9.95. The zero-order valence-corrected chi connectivity index (χ0v) is 12.1. The van der Waals surface area contributed by atoms with Gasteiger partial charge in [-0.05, 0) is 25.7 Å². The molecule has 1 aliphatic rings. The third-order valence-electron chi connectivity index (χ3n) is 3.52. The lowest BCUT2D eigenvalue weighted by Crippen LogP contribution is -2.42. The molecular formula is C12H23N7. The van der Waals surface area contributed by atoms with Crippen molar-refractivity contribution in [2.75, 3.05) is 35.9 Å². The van der Waals surface area contributed by atoms with Crippen LogP contribution in [-0.2, 0) is 0 Å². The molecule has 19 heavy (non-hydrogen) atoms. The number of rotatable bonds is 3. The van der Waals surface area contributed by atoms with Gasteiger partial charge >= 0.3 is 0 Å². The van der Waals surface area contributed by atoms with Gasteiger partial charge < -0.3 is 9.80 Å². The molecule has 0 aliphatic carbocycles.